The number of hydrogen-bond acceptors (Lipinski definition) is 1. The van der Waals surface area contributed by atoms with Crippen molar-refractivity contribution in [2.45, 2.75) is 39.7 Å². The summed E-state index contributed by atoms with van der Waals surface area (Å²) in [6.07, 6.45) is 2.75. The van der Waals surface area contributed by atoms with Crippen LogP contribution in [0.25, 0.3) is 0 Å². The average molecular weight is 203 g/mol. The molecule has 0 bridgehead atoms. The Kier molecular flexibility index (Phi) is 2.83. The predicted octanol–water partition coefficient (Wildman–Crippen LogP) is 3.35. The first-order valence-electron chi connectivity index (χ1n) is 5.92. The third-order valence-corrected chi connectivity index (χ3v) is 3.72. The Hall–Kier alpha value is -0.820. The lowest BCUT2D eigenvalue weighted by Gasteiger charge is -2.22. The van der Waals surface area contributed by atoms with Gasteiger partial charge in [-0.2, -0.15) is 0 Å². The molecule has 1 aromatic rings. The first-order chi connectivity index (χ1) is 7.09. The average Bonchev–Trinajstić information content (AvgIpc) is 2.99. The molecule has 0 aromatic heterocycles. The van der Waals surface area contributed by atoms with E-state index in [2.05, 4.69) is 39.0 Å². The lowest BCUT2D eigenvalue weighted by Crippen LogP contribution is -2.21. The van der Waals surface area contributed by atoms with E-state index in [0.717, 1.165) is 5.92 Å². The maximum absolute atomic E-state index is 6.33. The van der Waals surface area contributed by atoms with E-state index in [1.165, 1.54) is 29.5 Å². The van der Waals surface area contributed by atoms with Crippen molar-refractivity contribution < 1.29 is 0 Å². The fraction of sp³-hybridized carbons (Fsp3) is 0.571. The SMILES string of the molecule is Cc1ccc(C(N)C(C)C2CC2)c(C)c1. The molecule has 1 saturated carbocycles. The normalized spacial score (nSPS) is 20.0. The summed E-state index contributed by atoms with van der Waals surface area (Å²) in [5.41, 5.74) is 10.3. The molecule has 0 aliphatic heterocycles. The van der Waals surface area contributed by atoms with Crippen LogP contribution in [-0.2, 0) is 0 Å². The molecule has 1 aliphatic carbocycles. The first kappa shape index (κ1) is 10.7. The molecule has 15 heavy (non-hydrogen) atoms. The second kappa shape index (κ2) is 3.97. The van der Waals surface area contributed by atoms with E-state index in [9.17, 15) is 0 Å². The van der Waals surface area contributed by atoms with Crippen molar-refractivity contribution in [1.29, 1.82) is 0 Å². The van der Waals surface area contributed by atoms with Crippen LogP contribution in [0.3, 0.4) is 0 Å². The van der Waals surface area contributed by atoms with Gasteiger partial charge in [0.1, 0.15) is 0 Å². The Bertz CT molecular complexity index is 352. The first-order valence-corrected chi connectivity index (χ1v) is 5.92. The molecule has 0 spiro atoms. The Balaban J connectivity index is 2.20. The van der Waals surface area contributed by atoms with Crippen molar-refractivity contribution >= 4 is 0 Å². The van der Waals surface area contributed by atoms with E-state index in [-0.39, 0.29) is 6.04 Å². The van der Waals surface area contributed by atoms with Crippen LogP contribution in [0.1, 0.15) is 42.5 Å². The maximum Gasteiger partial charge on any atom is 0.0326 e. The molecule has 2 unspecified atom stereocenters. The smallest absolute Gasteiger partial charge is 0.0326 e. The minimum Gasteiger partial charge on any atom is -0.324 e. The van der Waals surface area contributed by atoms with Gasteiger partial charge in [-0.05, 0) is 49.7 Å². The summed E-state index contributed by atoms with van der Waals surface area (Å²) in [5, 5.41) is 0. The fourth-order valence-electron chi connectivity index (χ4n) is 2.40. The van der Waals surface area contributed by atoms with Crippen LogP contribution in [0.5, 0.6) is 0 Å². The van der Waals surface area contributed by atoms with Crippen LogP contribution >= 0.6 is 0 Å². The van der Waals surface area contributed by atoms with Crippen molar-refractivity contribution in [2.24, 2.45) is 17.6 Å². The molecular weight excluding hydrogens is 182 g/mol. The quantitative estimate of drug-likeness (QED) is 0.801. The van der Waals surface area contributed by atoms with Crippen LogP contribution in [-0.4, -0.2) is 0 Å². The molecule has 2 N–H and O–H groups in total. The molecule has 0 amide bonds. The van der Waals surface area contributed by atoms with Gasteiger partial charge in [-0.1, -0.05) is 30.7 Å². The minimum atomic E-state index is 0.220. The Morgan fingerprint density at radius 3 is 2.47 bits per heavy atom. The topological polar surface area (TPSA) is 26.0 Å². The Labute approximate surface area is 92.7 Å². The molecule has 0 radical (unpaired) electrons. The second-order valence-corrected chi connectivity index (χ2v) is 5.08. The van der Waals surface area contributed by atoms with Gasteiger partial charge in [0.05, 0.1) is 0 Å². The number of benzene rings is 1. The van der Waals surface area contributed by atoms with E-state index >= 15 is 0 Å². The van der Waals surface area contributed by atoms with Gasteiger partial charge in [-0.3, -0.25) is 0 Å². The number of nitrogens with two attached hydrogens (primary N) is 1. The summed E-state index contributed by atoms with van der Waals surface area (Å²) in [7, 11) is 0. The highest BCUT2D eigenvalue weighted by atomic mass is 14.7. The molecule has 1 heteroatoms. The van der Waals surface area contributed by atoms with Gasteiger partial charge in [0, 0.05) is 6.04 Å². The van der Waals surface area contributed by atoms with Gasteiger partial charge in [0.15, 0.2) is 0 Å². The van der Waals surface area contributed by atoms with Crippen LogP contribution in [0, 0.1) is 25.7 Å². The summed E-state index contributed by atoms with van der Waals surface area (Å²) in [6, 6.07) is 6.82. The van der Waals surface area contributed by atoms with E-state index in [0.29, 0.717) is 5.92 Å². The monoisotopic (exact) mass is 203 g/mol. The molecule has 0 saturated heterocycles. The highest BCUT2D eigenvalue weighted by molar-refractivity contribution is 5.33. The molecule has 1 aromatic carbocycles. The van der Waals surface area contributed by atoms with E-state index in [1.54, 1.807) is 0 Å². The van der Waals surface area contributed by atoms with Crippen molar-refractivity contribution in [3.05, 3.63) is 34.9 Å². The van der Waals surface area contributed by atoms with Gasteiger partial charge in [0.25, 0.3) is 0 Å². The summed E-state index contributed by atoms with van der Waals surface area (Å²) in [6.45, 7) is 6.59. The maximum atomic E-state index is 6.33. The summed E-state index contributed by atoms with van der Waals surface area (Å²) >= 11 is 0. The second-order valence-electron chi connectivity index (χ2n) is 5.08. The molecular formula is C14H21N. The molecule has 1 nitrogen and oxygen atoms in total. The van der Waals surface area contributed by atoms with Crippen molar-refractivity contribution in [1.82, 2.24) is 0 Å². The van der Waals surface area contributed by atoms with E-state index < -0.39 is 0 Å². The van der Waals surface area contributed by atoms with Crippen LogP contribution in [0.15, 0.2) is 18.2 Å². The third kappa shape index (κ3) is 2.23. The molecule has 0 heterocycles. The zero-order valence-electron chi connectivity index (χ0n) is 9.96. The zero-order valence-corrected chi connectivity index (χ0v) is 9.96. The summed E-state index contributed by atoms with van der Waals surface area (Å²) in [5.74, 6) is 1.51. The molecule has 2 rings (SSSR count). The lowest BCUT2D eigenvalue weighted by atomic mass is 9.88. The van der Waals surface area contributed by atoms with Gasteiger partial charge in [-0.15, -0.1) is 0 Å². The number of aryl methyl sites for hydroxylation is 2. The van der Waals surface area contributed by atoms with Gasteiger partial charge >= 0.3 is 0 Å². The highest BCUT2D eigenvalue weighted by Gasteiger charge is 2.32. The largest absolute Gasteiger partial charge is 0.324 e. The summed E-state index contributed by atoms with van der Waals surface area (Å²) in [4.78, 5) is 0. The molecule has 2 atom stereocenters. The van der Waals surface area contributed by atoms with Gasteiger partial charge in [-0.25, -0.2) is 0 Å². The molecule has 1 aliphatic rings. The third-order valence-electron chi connectivity index (χ3n) is 3.72. The molecule has 82 valence electrons. The van der Waals surface area contributed by atoms with Crippen LogP contribution < -0.4 is 5.73 Å². The summed E-state index contributed by atoms with van der Waals surface area (Å²) < 4.78 is 0. The minimum absolute atomic E-state index is 0.220. The lowest BCUT2D eigenvalue weighted by molar-refractivity contribution is 0.416. The van der Waals surface area contributed by atoms with E-state index in [4.69, 9.17) is 5.73 Å². The van der Waals surface area contributed by atoms with Crippen LogP contribution in [0.4, 0.5) is 0 Å². The fourth-order valence-corrected chi connectivity index (χ4v) is 2.40. The Morgan fingerprint density at radius 1 is 1.27 bits per heavy atom. The highest BCUT2D eigenvalue weighted by Crippen LogP contribution is 2.42. The number of hydrogen-bond donors (Lipinski definition) is 1. The van der Waals surface area contributed by atoms with Gasteiger partial charge in [0.2, 0.25) is 0 Å². The van der Waals surface area contributed by atoms with Crippen LogP contribution in [0.2, 0.25) is 0 Å². The molecule has 1 fully saturated rings. The van der Waals surface area contributed by atoms with Crippen molar-refractivity contribution in [2.75, 3.05) is 0 Å². The Morgan fingerprint density at radius 2 is 1.93 bits per heavy atom. The number of rotatable bonds is 3. The van der Waals surface area contributed by atoms with E-state index in [1.807, 2.05) is 0 Å². The van der Waals surface area contributed by atoms with Gasteiger partial charge < -0.3 is 5.73 Å². The van der Waals surface area contributed by atoms with Crippen molar-refractivity contribution in [3.63, 3.8) is 0 Å². The zero-order chi connectivity index (χ0) is 11.0. The standard InChI is InChI=1S/C14H21N/c1-9-4-7-13(10(2)8-9)14(15)11(3)12-5-6-12/h4,7-8,11-12,14H,5-6,15H2,1-3H3. The van der Waals surface area contributed by atoms with Crippen molar-refractivity contribution in [3.8, 4) is 0 Å². The predicted molar refractivity (Wildman–Crippen MR) is 64.7 cm³/mol.